The molecule has 0 aromatic carbocycles. The molecular weight excluding hydrogens is 346 g/mol. The van der Waals surface area contributed by atoms with Gasteiger partial charge in [-0.15, -0.1) is 0 Å². The summed E-state index contributed by atoms with van der Waals surface area (Å²) in [7, 11) is -2.03. The number of sulfonamides is 1. The van der Waals surface area contributed by atoms with Crippen LogP contribution in [0.3, 0.4) is 0 Å². The second-order valence-corrected chi connectivity index (χ2v) is 8.06. The van der Waals surface area contributed by atoms with Crippen molar-refractivity contribution in [3.05, 3.63) is 18.0 Å². The number of carbonyl (C=O) groups is 2. The summed E-state index contributed by atoms with van der Waals surface area (Å²) >= 11 is 0. The second-order valence-electron chi connectivity index (χ2n) is 6.12. The van der Waals surface area contributed by atoms with E-state index in [-0.39, 0.29) is 16.5 Å². The Morgan fingerprint density at radius 3 is 2.56 bits per heavy atom. The Kier molecular flexibility index (Phi) is 6.23. The molecule has 1 aromatic heterocycles. The van der Waals surface area contributed by atoms with Crippen molar-refractivity contribution in [2.75, 3.05) is 19.6 Å². The first-order chi connectivity index (χ1) is 11.8. The largest absolute Gasteiger partial charge is 0.448 e. The van der Waals surface area contributed by atoms with Gasteiger partial charge in [0, 0.05) is 32.9 Å². The summed E-state index contributed by atoms with van der Waals surface area (Å²) in [4.78, 5) is 24.1. The molecule has 1 aromatic rings. The Morgan fingerprint density at radius 1 is 1.32 bits per heavy atom. The Balaban J connectivity index is 2.11. The molecule has 25 heavy (non-hydrogen) atoms. The summed E-state index contributed by atoms with van der Waals surface area (Å²) in [5.41, 5.74) is 0.0907. The molecule has 1 fully saturated rings. The number of nitrogens with one attached hydrogen (secondary N) is 1. The van der Waals surface area contributed by atoms with Gasteiger partial charge in [-0.2, -0.15) is 4.31 Å². The van der Waals surface area contributed by atoms with Crippen LogP contribution in [0.1, 0.15) is 43.6 Å². The van der Waals surface area contributed by atoms with Crippen molar-refractivity contribution in [1.82, 2.24) is 14.2 Å². The van der Waals surface area contributed by atoms with Crippen molar-refractivity contribution in [1.29, 1.82) is 0 Å². The molecular formula is C16H25N3O5S. The van der Waals surface area contributed by atoms with Gasteiger partial charge >= 0.3 is 5.97 Å². The summed E-state index contributed by atoms with van der Waals surface area (Å²) in [5, 5.41) is 2.64. The molecule has 1 unspecified atom stereocenters. The van der Waals surface area contributed by atoms with Crippen LogP contribution in [0, 0.1) is 0 Å². The SMILES string of the molecule is CCCNC(=O)C(C)OC(=O)c1cc(S(=O)(=O)N2CCCC2)cn1C. The highest BCUT2D eigenvalue weighted by Gasteiger charge is 2.30. The fourth-order valence-corrected chi connectivity index (χ4v) is 4.21. The summed E-state index contributed by atoms with van der Waals surface area (Å²) in [6.07, 6.45) is 2.90. The Labute approximate surface area is 148 Å². The van der Waals surface area contributed by atoms with Gasteiger partial charge in [-0.3, -0.25) is 4.79 Å². The summed E-state index contributed by atoms with van der Waals surface area (Å²) < 4.78 is 33.1. The molecule has 1 amide bonds. The Hall–Kier alpha value is -1.87. The van der Waals surface area contributed by atoms with Gasteiger partial charge in [0.05, 0.1) is 0 Å². The molecule has 0 saturated carbocycles. The molecule has 9 heteroatoms. The van der Waals surface area contributed by atoms with E-state index in [1.807, 2.05) is 6.92 Å². The van der Waals surface area contributed by atoms with Gasteiger partial charge in [0.2, 0.25) is 10.0 Å². The highest BCUT2D eigenvalue weighted by atomic mass is 32.2. The number of hydrogen-bond acceptors (Lipinski definition) is 5. The standard InChI is InChI=1S/C16H25N3O5S/c1-4-7-17-15(20)12(2)24-16(21)14-10-13(11-18(14)3)25(22,23)19-8-5-6-9-19/h10-12H,4-9H2,1-3H3,(H,17,20). The van der Waals surface area contributed by atoms with E-state index in [1.54, 1.807) is 7.05 Å². The van der Waals surface area contributed by atoms with Crippen LogP contribution < -0.4 is 5.32 Å². The lowest BCUT2D eigenvalue weighted by molar-refractivity contribution is -0.129. The average molecular weight is 371 g/mol. The molecule has 1 aliphatic rings. The minimum Gasteiger partial charge on any atom is -0.448 e. The average Bonchev–Trinajstić information content (AvgIpc) is 3.22. The lowest BCUT2D eigenvalue weighted by atomic mass is 10.3. The van der Waals surface area contributed by atoms with E-state index < -0.39 is 22.1 Å². The molecule has 1 atom stereocenters. The summed E-state index contributed by atoms with van der Waals surface area (Å²) in [6, 6.07) is 1.30. The molecule has 1 aliphatic heterocycles. The number of aromatic nitrogens is 1. The third kappa shape index (κ3) is 4.40. The van der Waals surface area contributed by atoms with E-state index in [0.717, 1.165) is 19.3 Å². The number of nitrogens with zero attached hydrogens (tertiary/aromatic N) is 2. The summed E-state index contributed by atoms with van der Waals surface area (Å²) in [6.45, 7) is 4.89. The van der Waals surface area contributed by atoms with Crippen molar-refractivity contribution in [2.45, 2.75) is 44.1 Å². The number of amides is 1. The van der Waals surface area contributed by atoms with E-state index in [2.05, 4.69) is 5.32 Å². The van der Waals surface area contributed by atoms with Crippen LogP contribution in [0.5, 0.6) is 0 Å². The number of esters is 1. The van der Waals surface area contributed by atoms with E-state index in [0.29, 0.717) is 19.6 Å². The molecule has 2 heterocycles. The fourth-order valence-electron chi connectivity index (χ4n) is 2.62. The molecule has 0 bridgehead atoms. The van der Waals surface area contributed by atoms with E-state index in [4.69, 9.17) is 4.74 Å². The van der Waals surface area contributed by atoms with Gasteiger partial charge in [0.1, 0.15) is 10.6 Å². The minimum atomic E-state index is -3.61. The third-order valence-corrected chi connectivity index (χ3v) is 5.96. The molecule has 8 nitrogen and oxygen atoms in total. The molecule has 0 aliphatic carbocycles. The van der Waals surface area contributed by atoms with Crippen LogP contribution in [0.25, 0.3) is 0 Å². The maximum atomic E-state index is 12.6. The quantitative estimate of drug-likeness (QED) is 0.718. The normalized spacial score (nSPS) is 16.6. The maximum absolute atomic E-state index is 12.6. The highest BCUT2D eigenvalue weighted by Crippen LogP contribution is 2.23. The van der Waals surface area contributed by atoms with E-state index >= 15 is 0 Å². The third-order valence-electron chi connectivity index (χ3n) is 4.09. The van der Waals surface area contributed by atoms with Crippen LogP contribution in [-0.4, -0.2) is 54.9 Å². The monoisotopic (exact) mass is 371 g/mol. The predicted octanol–water partition coefficient (Wildman–Crippen LogP) is 0.881. The smallest absolute Gasteiger partial charge is 0.355 e. The predicted molar refractivity (Wildman–Crippen MR) is 91.6 cm³/mol. The second kappa shape index (κ2) is 8.01. The minimum absolute atomic E-state index is 0.0620. The molecule has 1 N–H and O–H groups in total. The van der Waals surface area contributed by atoms with Crippen LogP contribution in [0.15, 0.2) is 17.2 Å². The lowest BCUT2D eigenvalue weighted by Gasteiger charge is -2.13. The van der Waals surface area contributed by atoms with Gasteiger partial charge in [-0.1, -0.05) is 6.92 Å². The van der Waals surface area contributed by atoms with Crippen LogP contribution in [-0.2, 0) is 26.6 Å². The Morgan fingerprint density at radius 2 is 1.96 bits per heavy atom. The first kappa shape index (κ1) is 19.5. The number of hydrogen-bond donors (Lipinski definition) is 1. The van der Waals surface area contributed by atoms with Crippen molar-refractivity contribution < 1.29 is 22.7 Å². The fraction of sp³-hybridized carbons (Fsp3) is 0.625. The van der Waals surface area contributed by atoms with Crippen molar-refractivity contribution >= 4 is 21.9 Å². The van der Waals surface area contributed by atoms with Crippen LogP contribution in [0.2, 0.25) is 0 Å². The molecule has 140 valence electrons. The number of carbonyl (C=O) groups excluding carboxylic acids is 2. The van der Waals surface area contributed by atoms with Gasteiger partial charge in [0.15, 0.2) is 6.10 Å². The summed E-state index contributed by atoms with van der Waals surface area (Å²) in [5.74, 6) is -1.11. The first-order valence-electron chi connectivity index (χ1n) is 8.42. The zero-order chi connectivity index (χ0) is 18.6. The van der Waals surface area contributed by atoms with Crippen LogP contribution in [0.4, 0.5) is 0 Å². The van der Waals surface area contributed by atoms with Crippen molar-refractivity contribution in [3.8, 4) is 0 Å². The van der Waals surface area contributed by atoms with E-state index in [9.17, 15) is 18.0 Å². The molecule has 2 rings (SSSR count). The molecule has 0 spiro atoms. The zero-order valence-electron chi connectivity index (χ0n) is 14.8. The number of aryl methyl sites for hydroxylation is 1. The molecule has 1 saturated heterocycles. The van der Waals surface area contributed by atoms with Gasteiger partial charge in [0.25, 0.3) is 5.91 Å². The maximum Gasteiger partial charge on any atom is 0.355 e. The first-order valence-corrected chi connectivity index (χ1v) is 9.86. The van der Waals surface area contributed by atoms with Crippen molar-refractivity contribution in [2.24, 2.45) is 7.05 Å². The highest BCUT2D eigenvalue weighted by molar-refractivity contribution is 7.89. The lowest BCUT2D eigenvalue weighted by Crippen LogP contribution is -2.36. The number of ether oxygens (including phenoxy) is 1. The van der Waals surface area contributed by atoms with Gasteiger partial charge in [-0.25, -0.2) is 13.2 Å². The topological polar surface area (TPSA) is 97.7 Å². The van der Waals surface area contributed by atoms with E-state index in [1.165, 1.54) is 28.1 Å². The van der Waals surface area contributed by atoms with Gasteiger partial charge < -0.3 is 14.6 Å². The zero-order valence-corrected chi connectivity index (χ0v) is 15.6. The number of rotatable bonds is 7. The molecule has 0 radical (unpaired) electrons. The van der Waals surface area contributed by atoms with Crippen LogP contribution >= 0.6 is 0 Å². The van der Waals surface area contributed by atoms with Crippen molar-refractivity contribution in [3.63, 3.8) is 0 Å². The van der Waals surface area contributed by atoms with Gasteiger partial charge in [-0.05, 0) is 32.3 Å². The Bertz CT molecular complexity index is 735.